The van der Waals surface area contributed by atoms with Crippen molar-refractivity contribution in [2.45, 2.75) is 12.3 Å². The number of para-hydroxylation sites is 4. The normalized spacial score (nSPS) is 14.1. The highest BCUT2D eigenvalue weighted by Crippen LogP contribution is 2.63. The van der Waals surface area contributed by atoms with Crippen LogP contribution in [0.4, 0.5) is 17.1 Å². The quantitative estimate of drug-likeness (QED) is 0.155. The Kier molecular flexibility index (Phi) is 9.47. The highest BCUT2D eigenvalue weighted by atomic mass is 15.1. The van der Waals surface area contributed by atoms with Gasteiger partial charge in [0.05, 0.1) is 27.5 Å². The lowest BCUT2D eigenvalue weighted by Gasteiger charge is -2.31. The maximum atomic E-state index is 2.50. The highest BCUT2D eigenvalue weighted by molar-refractivity contribution is 6.12. The van der Waals surface area contributed by atoms with Crippen molar-refractivity contribution in [1.82, 2.24) is 9.13 Å². The van der Waals surface area contributed by atoms with E-state index >= 15 is 0 Å². The number of anilines is 3. The largest absolute Gasteiger partial charge is 0.310 e. The van der Waals surface area contributed by atoms with Crippen molar-refractivity contribution in [3.63, 3.8) is 0 Å². The van der Waals surface area contributed by atoms with Gasteiger partial charge in [0.15, 0.2) is 0 Å². The molecule has 77 heavy (non-hydrogen) atoms. The summed E-state index contributed by atoms with van der Waals surface area (Å²) < 4.78 is 4.82. The second-order valence-corrected chi connectivity index (χ2v) is 20.9. The summed E-state index contributed by atoms with van der Waals surface area (Å²) in [5.74, 6) is 0. The molecule has 360 valence electrons. The van der Waals surface area contributed by atoms with Crippen LogP contribution in [0.3, 0.4) is 0 Å². The van der Waals surface area contributed by atoms with Gasteiger partial charge in [-0.2, -0.15) is 0 Å². The topological polar surface area (TPSA) is 13.1 Å². The molecule has 0 radical (unpaired) electrons. The van der Waals surface area contributed by atoms with Crippen LogP contribution in [0.5, 0.6) is 0 Å². The summed E-state index contributed by atoms with van der Waals surface area (Å²) in [5, 5.41) is 4.91. The van der Waals surface area contributed by atoms with Gasteiger partial charge in [0, 0.05) is 50.0 Å². The number of nitrogens with zero attached hydrogens (tertiary/aromatic N) is 3. The predicted molar refractivity (Wildman–Crippen MR) is 322 cm³/mol. The minimum absolute atomic E-state index is 0.479. The lowest BCUT2D eigenvalue weighted by atomic mass is 9.70. The van der Waals surface area contributed by atoms with Gasteiger partial charge >= 0.3 is 0 Å². The first kappa shape index (κ1) is 43.4. The summed E-state index contributed by atoms with van der Waals surface area (Å²) in [6.45, 7) is 2.16. The minimum atomic E-state index is -0.479. The zero-order chi connectivity index (χ0) is 50.8. The molecule has 1 unspecified atom stereocenters. The fourth-order valence-corrected chi connectivity index (χ4v) is 13.4. The molecule has 0 fully saturated rings. The van der Waals surface area contributed by atoms with Crippen molar-refractivity contribution < 1.29 is 0 Å². The summed E-state index contributed by atoms with van der Waals surface area (Å²) in [4.78, 5) is 2.44. The molecular formula is C74H49N3. The second kappa shape index (κ2) is 16.8. The third-order valence-electron chi connectivity index (χ3n) is 16.8. The lowest BCUT2D eigenvalue weighted by molar-refractivity contribution is 0.794. The van der Waals surface area contributed by atoms with Gasteiger partial charge in [0.1, 0.15) is 0 Å². The molecule has 1 atom stereocenters. The maximum Gasteiger partial charge on any atom is 0.0725 e. The molecule has 2 heterocycles. The van der Waals surface area contributed by atoms with Crippen molar-refractivity contribution in [2.24, 2.45) is 0 Å². The average molecular weight is 980 g/mol. The summed E-state index contributed by atoms with van der Waals surface area (Å²) in [5.41, 5.74) is 26.4. The molecule has 2 aliphatic carbocycles. The summed E-state index contributed by atoms with van der Waals surface area (Å²) in [6.07, 6.45) is 0. The number of hydrogen-bond acceptors (Lipinski definition) is 1. The molecule has 0 saturated carbocycles. The van der Waals surface area contributed by atoms with E-state index in [2.05, 4.69) is 300 Å². The molecular weight excluding hydrogens is 931 g/mol. The first-order valence-corrected chi connectivity index (χ1v) is 26.7. The number of rotatable bonds is 7. The molecule has 14 aromatic rings. The smallest absolute Gasteiger partial charge is 0.0725 e. The Balaban J connectivity index is 0.880. The molecule has 2 aromatic heterocycles. The second-order valence-electron chi connectivity index (χ2n) is 20.9. The van der Waals surface area contributed by atoms with Gasteiger partial charge in [-0.05, 0) is 159 Å². The third kappa shape index (κ3) is 6.38. The summed E-state index contributed by atoms with van der Waals surface area (Å²) >= 11 is 0. The Hall–Kier alpha value is -9.96. The SMILES string of the molecule is Cc1ccc(-c2ccc3c(c2)C2(c4ccccc4-3)c3ccccc3-c3ccc(-c4ccc(N(c5ccc6c7ccccc7n(-c7ccccc7)c6c5)c5ccc6c7ccccc7n(-c7ccccc7)c6c5)cc4)cc32)cc1. The van der Waals surface area contributed by atoms with Crippen LogP contribution >= 0.6 is 0 Å². The molecule has 0 bridgehead atoms. The summed E-state index contributed by atoms with van der Waals surface area (Å²) in [6, 6.07) is 104. The van der Waals surface area contributed by atoms with Crippen molar-refractivity contribution in [3.8, 4) is 55.9 Å². The first-order valence-electron chi connectivity index (χ1n) is 26.7. The molecule has 0 aliphatic heterocycles. The fraction of sp³-hybridized carbons (Fsp3) is 0.0270. The van der Waals surface area contributed by atoms with E-state index in [1.54, 1.807) is 0 Å². The fourth-order valence-electron chi connectivity index (χ4n) is 13.4. The van der Waals surface area contributed by atoms with E-state index < -0.39 is 5.41 Å². The summed E-state index contributed by atoms with van der Waals surface area (Å²) in [7, 11) is 0. The van der Waals surface area contributed by atoms with Crippen molar-refractivity contribution in [1.29, 1.82) is 0 Å². The number of hydrogen-bond donors (Lipinski definition) is 0. The van der Waals surface area contributed by atoms with Gasteiger partial charge in [-0.3, -0.25) is 0 Å². The molecule has 12 aromatic carbocycles. The molecule has 3 nitrogen and oxygen atoms in total. The zero-order valence-electron chi connectivity index (χ0n) is 42.4. The lowest BCUT2D eigenvalue weighted by Crippen LogP contribution is -2.26. The van der Waals surface area contributed by atoms with E-state index in [0.29, 0.717) is 0 Å². The standard InChI is InChI=1S/C74H49N3/c1-48-28-30-49(31-29-48)51-34-40-60-58-20-8-12-24-66(58)74(68(60)44-51)67-25-13-9-21-59(67)61-41-35-52(45-69(61)74)50-32-36-55(37-33-50)75(56-38-42-64-62-22-10-14-26-70(62)76(72(64)46-56)53-16-4-2-5-17-53)57-39-43-65-63-23-11-15-27-71(63)77(73(65)47-57)54-18-6-3-7-19-54/h2-47H,1H3. The van der Waals surface area contributed by atoms with Gasteiger partial charge in [-0.15, -0.1) is 0 Å². The van der Waals surface area contributed by atoms with E-state index in [1.807, 2.05) is 0 Å². The molecule has 0 amide bonds. The molecule has 1 spiro atoms. The predicted octanol–water partition coefficient (Wildman–Crippen LogP) is 19.3. The Morgan fingerprint density at radius 3 is 1.14 bits per heavy atom. The molecule has 0 N–H and O–H groups in total. The Morgan fingerprint density at radius 2 is 0.649 bits per heavy atom. The maximum absolute atomic E-state index is 2.50. The van der Waals surface area contributed by atoms with Gasteiger partial charge in [-0.1, -0.05) is 200 Å². The van der Waals surface area contributed by atoms with E-state index in [0.717, 1.165) is 39.5 Å². The van der Waals surface area contributed by atoms with Gasteiger partial charge < -0.3 is 14.0 Å². The van der Waals surface area contributed by atoms with E-state index in [1.165, 1.54) is 105 Å². The van der Waals surface area contributed by atoms with Crippen LogP contribution < -0.4 is 4.90 Å². The highest BCUT2D eigenvalue weighted by Gasteiger charge is 2.51. The van der Waals surface area contributed by atoms with Crippen LogP contribution in [0, 0.1) is 6.92 Å². The zero-order valence-corrected chi connectivity index (χ0v) is 42.4. The molecule has 2 aliphatic rings. The van der Waals surface area contributed by atoms with E-state index in [4.69, 9.17) is 0 Å². The van der Waals surface area contributed by atoms with Crippen LogP contribution in [-0.2, 0) is 5.41 Å². The van der Waals surface area contributed by atoms with Crippen LogP contribution in [-0.4, -0.2) is 9.13 Å². The van der Waals surface area contributed by atoms with Crippen LogP contribution in [0.1, 0.15) is 27.8 Å². The number of aromatic nitrogens is 2. The molecule has 3 heteroatoms. The van der Waals surface area contributed by atoms with Crippen LogP contribution in [0.2, 0.25) is 0 Å². The van der Waals surface area contributed by atoms with Gasteiger partial charge in [-0.25, -0.2) is 0 Å². The monoisotopic (exact) mass is 979 g/mol. The molecule has 0 saturated heterocycles. The minimum Gasteiger partial charge on any atom is -0.310 e. The Bertz CT molecular complexity index is 4510. The first-order chi connectivity index (χ1) is 38.1. The van der Waals surface area contributed by atoms with Crippen molar-refractivity contribution in [2.75, 3.05) is 4.90 Å². The van der Waals surface area contributed by atoms with E-state index in [9.17, 15) is 0 Å². The van der Waals surface area contributed by atoms with Crippen molar-refractivity contribution >= 4 is 60.7 Å². The van der Waals surface area contributed by atoms with Crippen molar-refractivity contribution in [3.05, 3.63) is 307 Å². The number of fused-ring (bicyclic) bond motifs is 16. The Morgan fingerprint density at radius 1 is 0.273 bits per heavy atom. The number of aryl methyl sites for hydroxylation is 1. The Labute approximate surface area is 447 Å². The van der Waals surface area contributed by atoms with Crippen LogP contribution in [0.25, 0.3) is 99.5 Å². The van der Waals surface area contributed by atoms with Crippen LogP contribution in [0.15, 0.2) is 279 Å². The van der Waals surface area contributed by atoms with Gasteiger partial charge in [0.2, 0.25) is 0 Å². The number of benzene rings is 12. The van der Waals surface area contributed by atoms with Gasteiger partial charge in [0.25, 0.3) is 0 Å². The van der Waals surface area contributed by atoms with E-state index in [-0.39, 0.29) is 0 Å². The average Bonchev–Trinajstić information content (AvgIpc) is 4.39. The third-order valence-corrected chi connectivity index (χ3v) is 16.8. The molecule has 16 rings (SSSR count).